The van der Waals surface area contributed by atoms with E-state index in [4.69, 9.17) is 9.15 Å². The summed E-state index contributed by atoms with van der Waals surface area (Å²) in [6.07, 6.45) is 2.27. The SMILES string of the molecule is O=C(NCc1coc(-c2ccccc2)n1)C1COc2ccccc2C1. The third-order valence-electron chi connectivity index (χ3n) is 4.27. The number of benzene rings is 2. The molecule has 0 spiro atoms. The number of aromatic nitrogens is 1. The van der Waals surface area contributed by atoms with Crippen LogP contribution in [0.2, 0.25) is 0 Å². The van der Waals surface area contributed by atoms with Crippen molar-refractivity contribution in [3.8, 4) is 17.2 Å². The molecular formula is C20H18N2O3. The molecule has 1 unspecified atom stereocenters. The Morgan fingerprint density at radius 2 is 1.92 bits per heavy atom. The van der Waals surface area contributed by atoms with E-state index in [9.17, 15) is 4.79 Å². The maximum Gasteiger partial charge on any atom is 0.227 e. The predicted octanol–water partition coefficient (Wildman–Crippen LogP) is 3.21. The highest BCUT2D eigenvalue weighted by Crippen LogP contribution is 2.27. The van der Waals surface area contributed by atoms with Gasteiger partial charge < -0.3 is 14.5 Å². The number of hydrogen-bond donors (Lipinski definition) is 1. The summed E-state index contributed by atoms with van der Waals surface area (Å²) in [6, 6.07) is 17.5. The zero-order valence-corrected chi connectivity index (χ0v) is 13.6. The van der Waals surface area contributed by atoms with Crippen molar-refractivity contribution >= 4 is 5.91 Å². The first-order valence-electron chi connectivity index (χ1n) is 8.28. The van der Waals surface area contributed by atoms with Crippen molar-refractivity contribution in [2.24, 2.45) is 5.92 Å². The molecule has 1 aliphatic heterocycles. The smallest absolute Gasteiger partial charge is 0.227 e. The lowest BCUT2D eigenvalue weighted by Gasteiger charge is -2.24. The van der Waals surface area contributed by atoms with E-state index in [-0.39, 0.29) is 11.8 Å². The molecule has 0 saturated heterocycles. The molecule has 0 aliphatic carbocycles. The summed E-state index contributed by atoms with van der Waals surface area (Å²) in [4.78, 5) is 16.8. The molecule has 3 aromatic rings. The fraction of sp³-hybridized carbons (Fsp3) is 0.200. The third-order valence-corrected chi connectivity index (χ3v) is 4.27. The number of ether oxygens (including phenoxy) is 1. The van der Waals surface area contributed by atoms with Crippen molar-refractivity contribution < 1.29 is 13.9 Å². The summed E-state index contributed by atoms with van der Waals surface area (Å²) in [6.45, 7) is 0.740. The van der Waals surface area contributed by atoms with Gasteiger partial charge in [0.25, 0.3) is 0 Å². The highest BCUT2D eigenvalue weighted by atomic mass is 16.5. The van der Waals surface area contributed by atoms with Crippen molar-refractivity contribution in [3.05, 3.63) is 72.1 Å². The molecule has 1 aliphatic rings. The summed E-state index contributed by atoms with van der Waals surface area (Å²) in [5.41, 5.74) is 2.68. The minimum Gasteiger partial charge on any atom is -0.492 e. The second-order valence-electron chi connectivity index (χ2n) is 6.05. The monoisotopic (exact) mass is 334 g/mol. The first-order valence-corrected chi connectivity index (χ1v) is 8.28. The van der Waals surface area contributed by atoms with Crippen LogP contribution in [0.15, 0.2) is 65.3 Å². The Bertz CT molecular complexity index is 873. The quantitative estimate of drug-likeness (QED) is 0.796. The maximum atomic E-state index is 12.4. The molecule has 4 rings (SSSR count). The number of para-hydroxylation sites is 1. The number of hydrogen-bond acceptors (Lipinski definition) is 4. The fourth-order valence-electron chi connectivity index (χ4n) is 2.92. The minimum absolute atomic E-state index is 0.0289. The Labute approximate surface area is 145 Å². The Balaban J connectivity index is 1.36. The van der Waals surface area contributed by atoms with Gasteiger partial charge in [-0.1, -0.05) is 36.4 Å². The molecule has 5 heteroatoms. The molecule has 0 bridgehead atoms. The molecule has 0 radical (unpaired) electrons. The second kappa shape index (κ2) is 6.81. The fourth-order valence-corrected chi connectivity index (χ4v) is 2.92. The number of carbonyl (C=O) groups excluding carboxylic acids is 1. The van der Waals surface area contributed by atoms with Crippen molar-refractivity contribution in [1.82, 2.24) is 10.3 Å². The molecule has 25 heavy (non-hydrogen) atoms. The number of rotatable bonds is 4. The molecule has 5 nitrogen and oxygen atoms in total. The van der Waals surface area contributed by atoms with Crippen LogP contribution in [0.1, 0.15) is 11.3 Å². The summed E-state index contributed by atoms with van der Waals surface area (Å²) < 4.78 is 11.2. The van der Waals surface area contributed by atoms with Crippen molar-refractivity contribution in [2.45, 2.75) is 13.0 Å². The Kier molecular flexibility index (Phi) is 4.21. The van der Waals surface area contributed by atoms with Crippen LogP contribution in [0.25, 0.3) is 11.5 Å². The van der Waals surface area contributed by atoms with Crippen LogP contribution >= 0.6 is 0 Å². The van der Waals surface area contributed by atoms with Gasteiger partial charge in [-0.25, -0.2) is 4.98 Å². The number of carbonyl (C=O) groups is 1. The average Bonchev–Trinajstić information content (AvgIpc) is 3.15. The van der Waals surface area contributed by atoms with Crippen molar-refractivity contribution in [2.75, 3.05) is 6.61 Å². The molecule has 1 amide bonds. The Morgan fingerprint density at radius 1 is 1.12 bits per heavy atom. The van der Waals surface area contributed by atoms with Crippen LogP contribution < -0.4 is 10.1 Å². The van der Waals surface area contributed by atoms with Crippen LogP contribution in [0, 0.1) is 5.92 Å². The third kappa shape index (κ3) is 3.40. The minimum atomic E-state index is -0.185. The lowest BCUT2D eigenvalue weighted by molar-refractivity contribution is -0.126. The van der Waals surface area contributed by atoms with Gasteiger partial charge in [-0.05, 0) is 30.2 Å². The van der Waals surface area contributed by atoms with Gasteiger partial charge in [0, 0.05) is 5.56 Å². The van der Waals surface area contributed by atoms with Gasteiger partial charge in [0.1, 0.15) is 18.6 Å². The molecule has 2 heterocycles. The van der Waals surface area contributed by atoms with Crippen LogP contribution in [0.5, 0.6) is 5.75 Å². The molecular weight excluding hydrogens is 316 g/mol. The summed E-state index contributed by atoms with van der Waals surface area (Å²) >= 11 is 0. The number of nitrogens with one attached hydrogen (secondary N) is 1. The van der Waals surface area contributed by atoms with E-state index in [2.05, 4.69) is 10.3 Å². The van der Waals surface area contributed by atoms with E-state index < -0.39 is 0 Å². The van der Waals surface area contributed by atoms with Crippen LogP contribution in [-0.2, 0) is 17.8 Å². The first kappa shape index (κ1) is 15.4. The normalized spacial score (nSPS) is 15.9. The first-order chi connectivity index (χ1) is 12.3. The number of fused-ring (bicyclic) bond motifs is 1. The molecule has 1 aromatic heterocycles. The van der Waals surface area contributed by atoms with Crippen LogP contribution in [-0.4, -0.2) is 17.5 Å². The predicted molar refractivity (Wildman–Crippen MR) is 92.9 cm³/mol. The van der Waals surface area contributed by atoms with Gasteiger partial charge in [0.15, 0.2) is 0 Å². The molecule has 1 N–H and O–H groups in total. The lowest BCUT2D eigenvalue weighted by atomic mass is 9.96. The highest BCUT2D eigenvalue weighted by Gasteiger charge is 2.25. The van der Waals surface area contributed by atoms with Gasteiger partial charge >= 0.3 is 0 Å². The van der Waals surface area contributed by atoms with E-state index >= 15 is 0 Å². The van der Waals surface area contributed by atoms with E-state index in [1.165, 1.54) is 0 Å². The number of amides is 1. The Hall–Kier alpha value is -3.08. The maximum absolute atomic E-state index is 12.4. The van der Waals surface area contributed by atoms with E-state index in [0.29, 0.717) is 31.2 Å². The van der Waals surface area contributed by atoms with Gasteiger partial charge in [0.2, 0.25) is 11.8 Å². The number of oxazole rings is 1. The highest BCUT2D eigenvalue weighted by molar-refractivity contribution is 5.79. The molecule has 2 aromatic carbocycles. The summed E-state index contributed by atoms with van der Waals surface area (Å²) in [5, 5.41) is 2.92. The van der Waals surface area contributed by atoms with Gasteiger partial charge in [-0.15, -0.1) is 0 Å². The standard InChI is InChI=1S/C20H18N2O3/c23-19(16-10-15-8-4-5-9-18(15)24-12-16)21-11-17-13-25-20(22-17)14-6-2-1-3-7-14/h1-9,13,16H,10-12H2,(H,21,23). The summed E-state index contributed by atoms with van der Waals surface area (Å²) in [5.74, 6) is 1.21. The topological polar surface area (TPSA) is 64.4 Å². The largest absolute Gasteiger partial charge is 0.492 e. The molecule has 0 saturated carbocycles. The van der Waals surface area contributed by atoms with Gasteiger partial charge in [-0.2, -0.15) is 0 Å². The van der Waals surface area contributed by atoms with Crippen LogP contribution in [0.3, 0.4) is 0 Å². The average molecular weight is 334 g/mol. The van der Waals surface area contributed by atoms with Crippen molar-refractivity contribution in [1.29, 1.82) is 0 Å². The molecule has 126 valence electrons. The second-order valence-corrected chi connectivity index (χ2v) is 6.05. The van der Waals surface area contributed by atoms with E-state index in [1.54, 1.807) is 6.26 Å². The van der Waals surface area contributed by atoms with Crippen LogP contribution in [0.4, 0.5) is 0 Å². The number of nitrogens with zero attached hydrogens (tertiary/aromatic N) is 1. The van der Waals surface area contributed by atoms with E-state index in [0.717, 1.165) is 16.9 Å². The van der Waals surface area contributed by atoms with Crippen molar-refractivity contribution in [3.63, 3.8) is 0 Å². The molecule has 0 fully saturated rings. The van der Waals surface area contributed by atoms with E-state index in [1.807, 2.05) is 54.6 Å². The lowest BCUT2D eigenvalue weighted by Crippen LogP contribution is -2.37. The Morgan fingerprint density at radius 3 is 2.80 bits per heavy atom. The summed E-state index contributed by atoms with van der Waals surface area (Å²) in [7, 11) is 0. The van der Waals surface area contributed by atoms with Gasteiger partial charge in [0.05, 0.1) is 18.2 Å². The molecule has 1 atom stereocenters. The zero-order chi connectivity index (χ0) is 17.1. The van der Waals surface area contributed by atoms with Gasteiger partial charge in [-0.3, -0.25) is 4.79 Å². The zero-order valence-electron chi connectivity index (χ0n) is 13.6.